The van der Waals surface area contributed by atoms with E-state index in [1.54, 1.807) is 7.05 Å². The molecular weight excluding hydrogens is 536 g/mol. The van der Waals surface area contributed by atoms with E-state index in [2.05, 4.69) is 43.7 Å². The number of nitrogens with zero attached hydrogens (tertiary/aromatic N) is 2. The minimum absolute atomic E-state index is 0. The van der Waals surface area contributed by atoms with Gasteiger partial charge in [0, 0.05) is 42.6 Å². The van der Waals surface area contributed by atoms with Gasteiger partial charge in [0.15, 0.2) is 5.96 Å². The molecule has 0 radical (unpaired) electrons. The summed E-state index contributed by atoms with van der Waals surface area (Å²) in [4.78, 5) is 5.68. The molecule has 0 amide bonds. The summed E-state index contributed by atoms with van der Waals surface area (Å²) in [7, 11) is 1.69. The van der Waals surface area contributed by atoms with Crippen molar-refractivity contribution in [2.45, 2.75) is 36.9 Å². The zero-order chi connectivity index (χ0) is 18.8. The van der Waals surface area contributed by atoms with Gasteiger partial charge in [0.2, 0.25) is 0 Å². The Morgan fingerprint density at radius 2 is 2.04 bits per heavy atom. The molecule has 2 fully saturated rings. The number of likely N-dealkylation sites (tertiary alicyclic amines) is 1. The van der Waals surface area contributed by atoms with Crippen molar-refractivity contribution in [2.24, 2.45) is 4.99 Å². The highest BCUT2D eigenvalue weighted by Crippen LogP contribution is 2.49. The number of hydrogen-bond donors (Lipinski definition) is 2. The summed E-state index contributed by atoms with van der Waals surface area (Å²) in [5.41, 5.74) is 1.40. The first-order chi connectivity index (χ1) is 12.3. The smallest absolute Gasteiger partial charge is 0.356 e. The van der Waals surface area contributed by atoms with E-state index in [0.717, 1.165) is 23.9 Å². The van der Waals surface area contributed by atoms with Crippen molar-refractivity contribution in [3.05, 3.63) is 34.3 Å². The summed E-state index contributed by atoms with van der Waals surface area (Å²) >= 11 is 3.63. The van der Waals surface area contributed by atoms with Gasteiger partial charge in [0.25, 0.3) is 0 Å². The molecule has 1 unspecified atom stereocenters. The monoisotopic (exact) mass is 560 g/mol. The van der Waals surface area contributed by atoms with Crippen LogP contribution in [0.4, 0.5) is 13.2 Å². The summed E-state index contributed by atoms with van der Waals surface area (Å²) in [5.74, 6) is 0.655. The third kappa shape index (κ3) is 6.22. The predicted octanol–water partition coefficient (Wildman–Crippen LogP) is 3.90. The van der Waals surface area contributed by atoms with Crippen LogP contribution in [-0.4, -0.2) is 56.3 Å². The Morgan fingerprint density at radius 1 is 1.33 bits per heavy atom. The first kappa shape index (κ1) is 22.7. The molecule has 0 bridgehead atoms. The maximum Gasteiger partial charge on any atom is 0.401 e. The van der Waals surface area contributed by atoms with Gasteiger partial charge in [0.1, 0.15) is 0 Å². The van der Waals surface area contributed by atoms with Crippen LogP contribution in [-0.2, 0) is 5.41 Å². The Hall–Kier alpha value is -0.550. The van der Waals surface area contributed by atoms with Gasteiger partial charge in [-0.15, -0.1) is 24.0 Å². The highest BCUT2D eigenvalue weighted by Gasteiger charge is 2.45. The molecule has 1 aliphatic heterocycles. The normalized spacial score (nSPS) is 22.3. The molecule has 1 saturated carbocycles. The standard InChI is InChI=1S/C18H24BrF3N4.HI/c1-23-16(25-13-6-9-26(10-13)12-18(20,21)22)24-11-17(7-8-17)14-4-2-3-5-15(14)19;/h2-5,13H,6-12H2,1H3,(H2,23,24,25);1H. The lowest BCUT2D eigenvalue weighted by atomic mass is 9.96. The first-order valence-electron chi connectivity index (χ1n) is 8.83. The SMILES string of the molecule is CN=C(NCC1(c2ccccc2Br)CC1)NC1CCN(CC(F)(F)F)C1.I. The molecule has 1 atom stereocenters. The zero-order valence-electron chi connectivity index (χ0n) is 15.2. The molecule has 1 aliphatic carbocycles. The van der Waals surface area contributed by atoms with Gasteiger partial charge < -0.3 is 10.6 Å². The topological polar surface area (TPSA) is 39.7 Å². The maximum absolute atomic E-state index is 12.5. The van der Waals surface area contributed by atoms with Crippen LogP contribution in [0.2, 0.25) is 0 Å². The fraction of sp³-hybridized carbons (Fsp3) is 0.611. The van der Waals surface area contributed by atoms with E-state index in [4.69, 9.17) is 0 Å². The first-order valence-corrected chi connectivity index (χ1v) is 9.62. The van der Waals surface area contributed by atoms with E-state index < -0.39 is 12.7 Å². The predicted molar refractivity (Wildman–Crippen MR) is 116 cm³/mol. The van der Waals surface area contributed by atoms with Gasteiger partial charge in [-0.3, -0.25) is 9.89 Å². The molecule has 3 rings (SSSR count). The second-order valence-electron chi connectivity index (χ2n) is 7.17. The van der Waals surface area contributed by atoms with Crippen LogP contribution in [0.3, 0.4) is 0 Å². The van der Waals surface area contributed by atoms with Crippen LogP contribution < -0.4 is 10.6 Å². The van der Waals surface area contributed by atoms with Crippen molar-refractivity contribution in [3.63, 3.8) is 0 Å². The molecule has 1 aromatic rings. The third-order valence-corrected chi connectivity index (χ3v) is 5.82. The lowest BCUT2D eigenvalue weighted by Gasteiger charge is -2.22. The van der Waals surface area contributed by atoms with Crippen LogP contribution >= 0.6 is 39.9 Å². The third-order valence-electron chi connectivity index (χ3n) is 5.13. The number of rotatable bonds is 5. The number of hydrogen-bond acceptors (Lipinski definition) is 2. The summed E-state index contributed by atoms with van der Waals surface area (Å²) in [6.07, 6.45) is -1.23. The molecule has 2 N–H and O–H groups in total. The van der Waals surface area contributed by atoms with Crippen LogP contribution in [0.1, 0.15) is 24.8 Å². The van der Waals surface area contributed by atoms with Gasteiger partial charge in [-0.05, 0) is 30.9 Å². The zero-order valence-corrected chi connectivity index (χ0v) is 19.1. The summed E-state index contributed by atoms with van der Waals surface area (Å²) < 4.78 is 38.7. The minimum Gasteiger partial charge on any atom is -0.356 e. The number of benzene rings is 1. The van der Waals surface area contributed by atoms with Crippen LogP contribution in [0, 0.1) is 0 Å². The number of alkyl halides is 3. The lowest BCUT2D eigenvalue weighted by Crippen LogP contribution is -2.47. The van der Waals surface area contributed by atoms with E-state index in [1.165, 1.54) is 10.5 Å². The van der Waals surface area contributed by atoms with Crippen molar-refractivity contribution in [3.8, 4) is 0 Å². The second-order valence-corrected chi connectivity index (χ2v) is 8.02. The summed E-state index contributed by atoms with van der Waals surface area (Å²) in [5, 5.41) is 6.63. The Morgan fingerprint density at radius 3 is 2.63 bits per heavy atom. The maximum atomic E-state index is 12.5. The van der Waals surface area contributed by atoms with E-state index in [9.17, 15) is 13.2 Å². The highest BCUT2D eigenvalue weighted by atomic mass is 127. The molecule has 0 aromatic heterocycles. The minimum atomic E-state index is -4.14. The van der Waals surface area contributed by atoms with Crippen molar-refractivity contribution < 1.29 is 13.2 Å². The molecule has 1 heterocycles. The molecule has 2 aliphatic rings. The van der Waals surface area contributed by atoms with Gasteiger partial charge in [-0.25, -0.2) is 0 Å². The fourth-order valence-electron chi connectivity index (χ4n) is 3.57. The van der Waals surface area contributed by atoms with Crippen molar-refractivity contribution in [1.82, 2.24) is 15.5 Å². The van der Waals surface area contributed by atoms with Gasteiger partial charge >= 0.3 is 6.18 Å². The summed E-state index contributed by atoms with van der Waals surface area (Å²) in [6, 6.07) is 8.23. The Balaban J connectivity index is 0.00000261. The average molecular weight is 561 g/mol. The van der Waals surface area contributed by atoms with E-state index in [0.29, 0.717) is 25.5 Å². The van der Waals surface area contributed by atoms with Gasteiger partial charge in [-0.1, -0.05) is 34.1 Å². The average Bonchev–Trinajstić information content (AvgIpc) is 3.24. The molecule has 1 saturated heterocycles. The van der Waals surface area contributed by atoms with Crippen molar-refractivity contribution in [1.29, 1.82) is 0 Å². The Bertz CT molecular complexity index is 664. The number of halogens is 5. The number of aliphatic imine (C=N–C) groups is 1. The lowest BCUT2D eigenvalue weighted by molar-refractivity contribution is -0.143. The molecule has 4 nitrogen and oxygen atoms in total. The largest absolute Gasteiger partial charge is 0.401 e. The number of guanidine groups is 1. The van der Waals surface area contributed by atoms with E-state index in [1.807, 2.05) is 12.1 Å². The van der Waals surface area contributed by atoms with Crippen LogP contribution in [0.15, 0.2) is 33.7 Å². The molecule has 27 heavy (non-hydrogen) atoms. The second kappa shape index (κ2) is 9.30. The Labute approximate surface area is 183 Å². The van der Waals surface area contributed by atoms with Gasteiger partial charge in [0.05, 0.1) is 6.54 Å². The van der Waals surface area contributed by atoms with Crippen LogP contribution in [0.5, 0.6) is 0 Å². The van der Waals surface area contributed by atoms with Crippen molar-refractivity contribution >= 4 is 45.9 Å². The molecule has 9 heteroatoms. The number of nitrogens with one attached hydrogen (secondary N) is 2. The summed E-state index contributed by atoms with van der Waals surface area (Å²) in [6.45, 7) is 0.751. The fourth-order valence-corrected chi connectivity index (χ4v) is 4.28. The quantitative estimate of drug-likeness (QED) is 0.326. The van der Waals surface area contributed by atoms with Gasteiger partial charge in [-0.2, -0.15) is 13.2 Å². The molecule has 0 spiro atoms. The molecular formula is C18H25BrF3IN4. The molecule has 152 valence electrons. The van der Waals surface area contributed by atoms with Crippen molar-refractivity contribution in [2.75, 3.05) is 33.2 Å². The molecule has 1 aromatic carbocycles. The van der Waals surface area contributed by atoms with E-state index in [-0.39, 0.29) is 35.4 Å². The van der Waals surface area contributed by atoms with Crippen LogP contribution in [0.25, 0.3) is 0 Å². The Kier molecular flexibility index (Phi) is 7.83. The van der Waals surface area contributed by atoms with E-state index >= 15 is 0 Å². The highest BCUT2D eigenvalue weighted by molar-refractivity contribution is 14.0.